The predicted molar refractivity (Wildman–Crippen MR) is 42.8 cm³/mol. The summed E-state index contributed by atoms with van der Waals surface area (Å²) in [4.78, 5) is 22.4. The van der Waals surface area contributed by atoms with Crippen LogP contribution >= 0.6 is 0 Å². The second-order valence-corrected chi connectivity index (χ2v) is 4.40. The summed E-state index contributed by atoms with van der Waals surface area (Å²) in [5.74, 6) is -0.865. The van der Waals surface area contributed by atoms with Crippen molar-refractivity contribution in [2.45, 2.75) is 18.9 Å². The Labute approximate surface area is 75.3 Å². The highest BCUT2D eigenvalue weighted by Crippen LogP contribution is 2.55. The normalized spacial score (nSPS) is 51.1. The van der Waals surface area contributed by atoms with Gasteiger partial charge in [-0.15, -0.1) is 0 Å². The highest BCUT2D eigenvalue weighted by molar-refractivity contribution is 5.89. The van der Waals surface area contributed by atoms with E-state index >= 15 is 0 Å². The van der Waals surface area contributed by atoms with Crippen molar-refractivity contribution in [3.8, 4) is 0 Å². The number of hydrogen-bond donors (Lipinski definition) is 2. The summed E-state index contributed by atoms with van der Waals surface area (Å²) in [6.45, 7) is 0. The molecule has 5 atom stereocenters. The molecule has 2 aliphatic carbocycles. The summed E-state index contributed by atoms with van der Waals surface area (Å²) >= 11 is 0. The van der Waals surface area contributed by atoms with E-state index in [2.05, 4.69) is 5.32 Å². The van der Waals surface area contributed by atoms with Crippen LogP contribution in [-0.2, 0) is 9.59 Å². The summed E-state index contributed by atoms with van der Waals surface area (Å²) in [5, 5.41) is 11.9. The molecule has 3 rings (SSSR count). The van der Waals surface area contributed by atoms with E-state index in [-0.39, 0.29) is 23.8 Å². The van der Waals surface area contributed by atoms with Crippen molar-refractivity contribution < 1.29 is 14.7 Å². The summed E-state index contributed by atoms with van der Waals surface area (Å²) < 4.78 is 0. The predicted octanol–water partition coefficient (Wildman–Crippen LogP) is -0.158. The number of carbonyl (C=O) groups excluding carboxylic acids is 1. The third-order valence-electron chi connectivity index (χ3n) is 3.92. The lowest BCUT2D eigenvalue weighted by Crippen LogP contribution is -2.31. The number of aliphatic carboxylic acids is 1. The van der Waals surface area contributed by atoms with Gasteiger partial charge in [0.2, 0.25) is 5.91 Å². The molecule has 2 N–H and O–H groups in total. The summed E-state index contributed by atoms with van der Waals surface area (Å²) in [5.41, 5.74) is 0. The Morgan fingerprint density at radius 3 is 2.92 bits per heavy atom. The first kappa shape index (κ1) is 7.35. The minimum Gasteiger partial charge on any atom is -0.481 e. The molecule has 1 saturated heterocycles. The minimum absolute atomic E-state index is 0.0256. The molecule has 13 heavy (non-hydrogen) atoms. The van der Waals surface area contributed by atoms with Gasteiger partial charge in [0, 0.05) is 6.04 Å². The number of carbonyl (C=O) groups is 2. The first-order valence-electron chi connectivity index (χ1n) is 4.71. The maximum absolute atomic E-state index is 11.4. The van der Waals surface area contributed by atoms with Gasteiger partial charge in [-0.1, -0.05) is 0 Å². The van der Waals surface area contributed by atoms with Gasteiger partial charge in [-0.05, 0) is 24.7 Å². The zero-order valence-electron chi connectivity index (χ0n) is 7.06. The van der Waals surface area contributed by atoms with Gasteiger partial charge in [0.1, 0.15) is 0 Å². The monoisotopic (exact) mass is 181 g/mol. The SMILES string of the molecule is O=C(O)[C@@H]1[C@@H]2C[C@@H]3[C@H]1C(=O)N[C@H]3C2. The zero-order chi connectivity index (χ0) is 9.16. The maximum Gasteiger partial charge on any atom is 0.307 e. The second kappa shape index (κ2) is 2.05. The molecule has 1 amide bonds. The molecule has 1 aliphatic heterocycles. The van der Waals surface area contributed by atoms with Crippen molar-refractivity contribution >= 4 is 11.9 Å². The van der Waals surface area contributed by atoms with E-state index < -0.39 is 11.9 Å². The molecule has 4 nitrogen and oxygen atoms in total. The number of fused-ring (bicyclic) bond motifs is 1. The average molecular weight is 181 g/mol. The fourth-order valence-corrected chi connectivity index (χ4v) is 3.52. The van der Waals surface area contributed by atoms with Crippen molar-refractivity contribution in [1.29, 1.82) is 0 Å². The van der Waals surface area contributed by atoms with Gasteiger partial charge < -0.3 is 10.4 Å². The molecule has 2 saturated carbocycles. The number of carboxylic acids is 1. The van der Waals surface area contributed by atoms with Gasteiger partial charge >= 0.3 is 5.97 Å². The summed E-state index contributed by atoms with van der Waals surface area (Å²) in [7, 11) is 0. The molecular weight excluding hydrogens is 170 g/mol. The van der Waals surface area contributed by atoms with Crippen LogP contribution in [0.3, 0.4) is 0 Å². The Kier molecular flexibility index (Phi) is 1.16. The Balaban J connectivity index is 2.01. The number of hydrogen-bond acceptors (Lipinski definition) is 2. The molecule has 0 aromatic heterocycles. The lowest BCUT2D eigenvalue weighted by molar-refractivity contribution is -0.147. The average Bonchev–Trinajstić information content (AvgIpc) is 2.60. The van der Waals surface area contributed by atoms with E-state index in [1.165, 1.54) is 0 Å². The van der Waals surface area contributed by atoms with E-state index in [9.17, 15) is 9.59 Å². The van der Waals surface area contributed by atoms with Gasteiger partial charge in [-0.2, -0.15) is 0 Å². The molecule has 3 aliphatic rings. The van der Waals surface area contributed by atoms with Crippen molar-refractivity contribution in [3.05, 3.63) is 0 Å². The standard InChI is InChI=1S/C9H11NO3/c11-8-7-4-1-3(2-5(4)10-8)6(7)9(12)13/h3-7H,1-2H2,(H,10,11)(H,12,13)/t3-,4+,5+,6-,7-/m1/s1. The highest BCUT2D eigenvalue weighted by Gasteiger charge is 2.62. The fraction of sp³-hybridized carbons (Fsp3) is 0.778. The van der Waals surface area contributed by atoms with E-state index in [1.807, 2.05) is 0 Å². The lowest BCUT2D eigenvalue weighted by Gasteiger charge is -2.21. The quantitative estimate of drug-likeness (QED) is 0.590. The Hall–Kier alpha value is -1.06. The van der Waals surface area contributed by atoms with Crippen molar-refractivity contribution in [1.82, 2.24) is 5.32 Å². The van der Waals surface area contributed by atoms with Crippen molar-refractivity contribution in [3.63, 3.8) is 0 Å². The molecular formula is C9H11NO3. The number of nitrogens with one attached hydrogen (secondary N) is 1. The number of carboxylic acid groups (broad SMARTS) is 1. The molecule has 1 heterocycles. The lowest BCUT2D eigenvalue weighted by atomic mass is 9.80. The molecule has 0 aromatic carbocycles. The minimum atomic E-state index is -0.784. The van der Waals surface area contributed by atoms with Gasteiger partial charge in [-0.25, -0.2) is 0 Å². The third-order valence-corrected chi connectivity index (χ3v) is 3.92. The molecule has 70 valence electrons. The molecule has 0 radical (unpaired) electrons. The van der Waals surface area contributed by atoms with E-state index in [1.54, 1.807) is 0 Å². The van der Waals surface area contributed by atoms with Crippen LogP contribution in [0.4, 0.5) is 0 Å². The van der Waals surface area contributed by atoms with Crippen LogP contribution < -0.4 is 5.32 Å². The van der Waals surface area contributed by atoms with Crippen LogP contribution in [0.25, 0.3) is 0 Å². The Bertz CT molecular complexity index is 299. The van der Waals surface area contributed by atoms with Crippen LogP contribution in [-0.4, -0.2) is 23.0 Å². The topological polar surface area (TPSA) is 66.4 Å². The fourth-order valence-electron chi connectivity index (χ4n) is 3.52. The van der Waals surface area contributed by atoms with Crippen LogP contribution in [0.1, 0.15) is 12.8 Å². The van der Waals surface area contributed by atoms with Gasteiger partial charge in [0.05, 0.1) is 11.8 Å². The van der Waals surface area contributed by atoms with Gasteiger partial charge in [0.15, 0.2) is 0 Å². The molecule has 0 spiro atoms. The summed E-state index contributed by atoms with van der Waals surface area (Å²) in [6, 6.07) is 0.290. The molecule has 2 bridgehead atoms. The van der Waals surface area contributed by atoms with E-state index in [4.69, 9.17) is 5.11 Å². The smallest absolute Gasteiger partial charge is 0.307 e. The zero-order valence-corrected chi connectivity index (χ0v) is 7.06. The number of amides is 1. The first-order chi connectivity index (χ1) is 6.18. The van der Waals surface area contributed by atoms with E-state index in [0.29, 0.717) is 5.92 Å². The van der Waals surface area contributed by atoms with Crippen LogP contribution in [0.5, 0.6) is 0 Å². The Morgan fingerprint density at radius 1 is 1.46 bits per heavy atom. The summed E-state index contributed by atoms with van der Waals surface area (Å²) in [6.07, 6.45) is 1.81. The Morgan fingerprint density at radius 2 is 2.23 bits per heavy atom. The molecule has 0 aromatic rings. The van der Waals surface area contributed by atoms with Crippen LogP contribution in [0.15, 0.2) is 0 Å². The molecule has 4 heteroatoms. The largest absolute Gasteiger partial charge is 0.481 e. The maximum atomic E-state index is 11.4. The van der Waals surface area contributed by atoms with Crippen LogP contribution in [0.2, 0.25) is 0 Å². The van der Waals surface area contributed by atoms with Gasteiger partial charge in [-0.3, -0.25) is 9.59 Å². The molecule has 0 unspecified atom stereocenters. The second-order valence-electron chi connectivity index (χ2n) is 4.40. The first-order valence-corrected chi connectivity index (χ1v) is 4.71. The number of rotatable bonds is 1. The van der Waals surface area contributed by atoms with Crippen molar-refractivity contribution in [2.75, 3.05) is 0 Å². The van der Waals surface area contributed by atoms with E-state index in [0.717, 1.165) is 12.8 Å². The third kappa shape index (κ3) is 0.716. The van der Waals surface area contributed by atoms with Crippen LogP contribution in [0, 0.1) is 23.7 Å². The highest BCUT2D eigenvalue weighted by atomic mass is 16.4. The van der Waals surface area contributed by atoms with Gasteiger partial charge in [0.25, 0.3) is 0 Å². The molecule has 3 fully saturated rings. The van der Waals surface area contributed by atoms with Crippen molar-refractivity contribution in [2.24, 2.45) is 23.7 Å².